The predicted molar refractivity (Wildman–Crippen MR) is 59.4 cm³/mol. The fourth-order valence-electron chi connectivity index (χ4n) is 1.55. The summed E-state index contributed by atoms with van der Waals surface area (Å²) in [6.07, 6.45) is 0. The molecule has 0 bridgehead atoms. The summed E-state index contributed by atoms with van der Waals surface area (Å²) in [7, 11) is 0. The van der Waals surface area contributed by atoms with Crippen LogP contribution in [0.15, 0.2) is 24.3 Å². The van der Waals surface area contributed by atoms with Gasteiger partial charge in [-0.25, -0.2) is 0 Å². The van der Waals surface area contributed by atoms with Crippen LogP contribution in [0.5, 0.6) is 0 Å². The molecule has 1 atom stereocenters. The minimum Gasteiger partial charge on any atom is -0.481 e. The van der Waals surface area contributed by atoms with Crippen molar-refractivity contribution in [3.05, 3.63) is 35.0 Å². The molecular weight excluding hydrogens is 214 g/mol. The summed E-state index contributed by atoms with van der Waals surface area (Å²) in [4.78, 5) is 13.9. The van der Waals surface area contributed by atoms with Crippen molar-refractivity contribution in [2.24, 2.45) is 0 Å². The third-order valence-corrected chi connectivity index (χ3v) is 2.88. The van der Waals surface area contributed by atoms with Crippen molar-refractivity contribution in [1.29, 1.82) is 0 Å². The Balaban J connectivity index is 2.63. The normalized spacial score (nSPS) is 12.9. The van der Waals surface area contributed by atoms with Gasteiger partial charge in [-0.3, -0.25) is 4.79 Å². The van der Waals surface area contributed by atoms with Crippen LogP contribution in [0.1, 0.15) is 18.5 Å². The first-order chi connectivity index (χ1) is 7.11. The minimum atomic E-state index is -0.886. The summed E-state index contributed by atoms with van der Waals surface area (Å²) in [6, 6.07) is 7.49. The second-order valence-corrected chi connectivity index (χ2v) is 3.84. The Labute approximate surface area is 91.7 Å². The van der Waals surface area contributed by atoms with Gasteiger partial charge in [0.2, 0.25) is 0 Å². The number of aromatic amines is 1. The van der Waals surface area contributed by atoms with E-state index in [1.807, 2.05) is 24.3 Å². The maximum absolute atomic E-state index is 10.9. The molecule has 0 aliphatic carbocycles. The average molecular weight is 224 g/mol. The highest BCUT2D eigenvalue weighted by Crippen LogP contribution is 2.31. The Morgan fingerprint density at radius 3 is 2.73 bits per heavy atom. The predicted octanol–water partition coefficient (Wildman–Crippen LogP) is 3.01. The van der Waals surface area contributed by atoms with Gasteiger partial charge in [-0.2, -0.15) is 0 Å². The highest BCUT2D eigenvalue weighted by atomic mass is 35.5. The molecule has 0 saturated heterocycles. The number of aliphatic carboxylic acids is 1. The zero-order chi connectivity index (χ0) is 11.0. The van der Waals surface area contributed by atoms with Gasteiger partial charge in [-0.15, -0.1) is 0 Å². The maximum atomic E-state index is 10.9. The van der Waals surface area contributed by atoms with Gasteiger partial charge >= 0.3 is 5.97 Å². The summed E-state index contributed by atoms with van der Waals surface area (Å²) < 4.78 is 0. The smallest absolute Gasteiger partial charge is 0.312 e. The van der Waals surface area contributed by atoms with E-state index < -0.39 is 11.9 Å². The number of H-pyrrole nitrogens is 1. The number of hydrogen-bond donors (Lipinski definition) is 2. The molecule has 1 unspecified atom stereocenters. The third-order valence-electron chi connectivity index (χ3n) is 2.47. The van der Waals surface area contributed by atoms with Crippen molar-refractivity contribution in [2.45, 2.75) is 12.8 Å². The molecule has 0 amide bonds. The number of carbonyl (C=O) groups is 1. The van der Waals surface area contributed by atoms with Crippen LogP contribution in [0.3, 0.4) is 0 Å². The van der Waals surface area contributed by atoms with Gasteiger partial charge in [-0.1, -0.05) is 29.8 Å². The van der Waals surface area contributed by atoms with Crippen LogP contribution in [-0.2, 0) is 4.79 Å². The number of hydrogen-bond acceptors (Lipinski definition) is 1. The van der Waals surface area contributed by atoms with E-state index in [-0.39, 0.29) is 0 Å². The quantitative estimate of drug-likeness (QED) is 0.822. The van der Waals surface area contributed by atoms with E-state index in [1.165, 1.54) is 0 Å². The number of nitrogens with one attached hydrogen (secondary N) is 1. The van der Waals surface area contributed by atoms with Crippen molar-refractivity contribution in [2.75, 3.05) is 0 Å². The molecule has 0 radical (unpaired) electrons. The Kier molecular flexibility index (Phi) is 2.40. The molecule has 1 aromatic heterocycles. The molecule has 78 valence electrons. The van der Waals surface area contributed by atoms with Crippen molar-refractivity contribution >= 4 is 28.5 Å². The Hall–Kier alpha value is -1.48. The van der Waals surface area contributed by atoms with Crippen LogP contribution in [0, 0.1) is 0 Å². The molecule has 2 rings (SSSR count). The summed E-state index contributed by atoms with van der Waals surface area (Å²) in [5.74, 6) is -1.51. The number of halogens is 1. The van der Waals surface area contributed by atoms with Crippen molar-refractivity contribution in [1.82, 2.24) is 4.98 Å². The lowest BCUT2D eigenvalue weighted by Gasteiger charge is -2.03. The molecule has 0 fully saturated rings. The number of benzene rings is 1. The van der Waals surface area contributed by atoms with Crippen LogP contribution in [0.2, 0.25) is 5.02 Å². The molecule has 4 heteroatoms. The van der Waals surface area contributed by atoms with Crippen molar-refractivity contribution in [3.63, 3.8) is 0 Å². The Morgan fingerprint density at radius 2 is 2.13 bits per heavy atom. The van der Waals surface area contributed by atoms with Crippen LogP contribution in [0.4, 0.5) is 0 Å². The van der Waals surface area contributed by atoms with Crippen LogP contribution < -0.4 is 0 Å². The lowest BCUT2D eigenvalue weighted by Crippen LogP contribution is -2.07. The summed E-state index contributed by atoms with van der Waals surface area (Å²) >= 11 is 6.10. The topological polar surface area (TPSA) is 53.1 Å². The van der Waals surface area contributed by atoms with Gasteiger partial charge in [0.1, 0.15) is 0 Å². The molecule has 1 heterocycles. The summed E-state index contributed by atoms with van der Waals surface area (Å²) in [5, 5.41) is 10.3. The van der Waals surface area contributed by atoms with Gasteiger partial charge in [0, 0.05) is 16.6 Å². The molecule has 1 aromatic carbocycles. The standard InChI is InChI=1S/C11H10ClNO2/c1-6(11(14)15)10-9(12)7-4-2-3-5-8(7)13-10/h2-6,13H,1H3,(H,14,15). The van der Waals surface area contributed by atoms with E-state index in [4.69, 9.17) is 16.7 Å². The second kappa shape index (κ2) is 3.59. The van der Waals surface area contributed by atoms with Gasteiger partial charge < -0.3 is 10.1 Å². The molecule has 15 heavy (non-hydrogen) atoms. The zero-order valence-electron chi connectivity index (χ0n) is 8.12. The first-order valence-electron chi connectivity index (χ1n) is 4.60. The van der Waals surface area contributed by atoms with E-state index in [0.717, 1.165) is 10.9 Å². The molecule has 0 aliphatic rings. The maximum Gasteiger partial charge on any atom is 0.312 e. The van der Waals surface area contributed by atoms with Gasteiger partial charge in [0.25, 0.3) is 0 Å². The lowest BCUT2D eigenvalue weighted by atomic mass is 10.1. The first kappa shape index (κ1) is 10.1. The molecule has 0 saturated carbocycles. The SMILES string of the molecule is CC(C(=O)O)c1[nH]c2ccccc2c1Cl. The highest BCUT2D eigenvalue weighted by Gasteiger charge is 2.20. The van der Waals surface area contributed by atoms with Crippen molar-refractivity contribution in [3.8, 4) is 0 Å². The van der Waals surface area contributed by atoms with Crippen LogP contribution in [0.25, 0.3) is 10.9 Å². The zero-order valence-corrected chi connectivity index (χ0v) is 8.88. The number of carboxylic acid groups (broad SMARTS) is 1. The third kappa shape index (κ3) is 1.59. The Bertz CT molecular complexity index is 518. The summed E-state index contributed by atoms with van der Waals surface area (Å²) in [6.45, 7) is 1.61. The van der Waals surface area contributed by atoms with Crippen LogP contribution >= 0.6 is 11.6 Å². The number of para-hydroxylation sites is 1. The molecule has 3 nitrogen and oxygen atoms in total. The lowest BCUT2D eigenvalue weighted by molar-refractivity contribution is -0.138. The highest BCUT2D eigenvalue weighted by molar-refractivity contribution is 6.36. The molecule has 0 aliphatic heterocycles. The van der Waals surface area contributed by atoms with E-state index in [2.05, 4.69) is 4.98 Å². The Morgan fingerprint density at radius 1 is 1.47 bits per heavy atom. The average Bonchev–Trinajstić information content (AvgIpc) is 2.56. The number of aromatic nitrogens is 1. The monoisotopic (exact) mass is 223 g/mol. The number of rotatable bonds is 2. The van der Waals surface area contributed by atoms with E-state index in [9.17, 15) is 4.79 Å². The fraction of sp³-hybridized carbons (Fsp3) is 0.182. The van der Waals surface area contributed by atoms with Crippen molar-refractivity contribution < 1.29 is 9.90 Å². The van der Waals surface area contributed by atoms with E-state index in [1.54, 1.807) is 6.92 Å². The largest absolute Gasteiger partial charge is 0.481 e. The van der Waals surface area contributed by atoms with E-state index in [0.29, 0.717) is 10.7 Å². The molecular formula is C11H10ClNO2. The minimum absolute atomic E-state index is 0.500. The molecule has 2 aromatic rings. The fourth-order valence-corrected chi connectivity index (χ4v) is 1.93. The summed E-state index contributed by atoms with van der Waals surface area (Å²) in [5.41, 5.74) is 1.43. The molecule has 2 N–H and O–H groups in total. The second-order valence-electron chi connectivity index (χ2n) is 3.46. The van der Waals surface area contributed by atoms with Gasteiger partial charge in [0.15, 0.2) is 0 Å². The first-order valence-corrected chi connectivity index (χ1v) is 4.98. The van der Waals surface area contributed by atoms with Crippen LogP contribution in [-0.4, -0.2) is 16.1 Å². The van der Waals surface area contributed by atoms with Gasteiger partial charge in [-0.05, 0) is 13.0 Å². The van der Waals surface area contributed by atoms with Gasteiger partial charge in [0.05, 0.1) is 10.9 Å². The number of fused-ring (bicyclic) bond motifs is 1. The van der Waals surface area contributed by atoms with E-state index >= 15 is 0 Å². The molecule has 0 spiro atoms. The number of carboxylic acids is 1.